The van der Waals surface area contributed by atoms with Gasteiger partial charge in [0.2, 0.25) is 15.3 Å². The van der Waals surface area contributed by atoms with E-state index in [1.54, 1.807) is 51.1 Å². The topological polar surface area (TPSA) is 136 Å². The summed E-state index contributed by atoms with van der Waals surface area (Å²) in [5.41, 5.74) is -2.61. The van der Waals surface area contributed by atoms with Gasteiger partial charge in [0.1, 0.15) is 6.54 Å². The molecular formula is C22H26N2O8S. The number of esters is 1. The number of fused-ring (bicyclic) bond motifs is 1. The number of amides is 2. The molecule has 1 saturated heterocycles. The number of carbonyl (C=O) groups excluding carboxylic acids is 4. The fraction of sp³-hybridized carbons (Fsp3) is 0.455. The fourth-order valence-electron chi connectivity index (χ4n) is 3.69. The van der Waals surface area contributed by atoms with Gasteiger partial charge in [-0.15, -0.1) is 0 Å². The predicted molar refractivity (Wildman–Crippen MR) is 116 cm³/mol. The highest BCUT2D eigenvalue weighted by molar-refractivity contribution is 7.93. The van der Waals surface area contributed by atoms with Gasteiger partial charge in [-0.05, 0) is 19.1 Å². The highest BCUT2D eigenvalue weighted by atomic mass is 32.2. The van der Waals surface area contributed by atoms with Gasteiger partial charge in [-0.25, -0.2) is 8.42 Å². The highest BCUT2D eigenvalue weighted by Gasteiger charge is 2.64. The Morgan fingerprint density at radius 1 is 1.12 bits per heavy atom. The second-order valence-electron chi connectivity index (χ2n) is 8.83. The Morgan fingerprint density at radius 3 is 2.27 bits per heavy atom. The molecule has 0 spiro atoms. The Hall–Kier alpha value is -3.05. The molecule has 3 rings (SSSR count). The number of nitrogens with zero attached hydrogens (tertiary/aromatic N) is 1. The zero-order chi connectivity index (χ0) is 24.7. The Morgan fingerprint density at radius 2 is 1.73 bits per heavy atom. The van der Waals surface area contributed by atoms with Crippen LogP contribution in [0.25, 0.3) is 0 Å². The van der Waals surface area contributed by atoms with Crippen LogP contribution in [0.5, 0.6) is 0 Å². The average Bonchev–Trinajstić information content (AvgIpc) is 2.75. The van der Waals surface area contributed by atoms with Crippen molar-refractivity contribution in [1.82, 2.24) is 10.2 Å². The van der Waals surface area contributed by atoms with Gasteiger partial charge in [-0.1, -0.05) is 39.0 Å². The lowest BCUT2D eigenvalue weighted by Crippen LogP contribution is -2.72. The standard InChI is InChI=1S/C22H26N2O8S/c1-12-15(17(26)22(2,3)4)24-19(28)16(31-5)20(24)33(29,30)21(12)32-14(25)11-23-18(27)13-9-7-6-8-10-13/h6-10,16,20-21H,11H2,1-5H3,(H,23,27)/t16-,20-,21?/m0/s1. The van der Waals surface area contributed by atoms with Gasteiger partial charge >= 0.3 is 5.97 Å². The van der Waals surface area contributed by atoms with Gasteiger partial charge in [-0.2, -0.15) is 0 Å². The normalized spacial score (nSPS) is 24.0. The molecular weight excluding hydrogens is 452 g/mol. The van der Waals surface area contributed by atoms with Crippen LogP contribution < -0.4 is 5.32 Å². The summed E-state index contributed by atoms with van der Waals surface area (Å²) >= 11 is 0. The maximum Gasteiger partial charge on any atom is 0.327 e. The molecule has 10 nitrogen and oxygen atoms in total. The molecule has 11 heteroatoms. The van der Waals surface area contributed by atoms with E-state index >= 15 is 0 Å². The van der Waals surface area contributed by atoms with E-state index < -0.39 is 62.3 Å². The van der Waals surface area contributed by atoms with Gasteiger partial charge < -0.3 is 14.8 Å². The van der Waals surface area contributed by atoms with Gasteiger partial charge in [0.15, 0.2) is 17.3 Å². The molecule has 178 valence electrons. The van der Waals surface area contributed by atoms with E-state index in [0.717, 1.165) is 4.90 Å². The second kappa shape index (κ2) is 8.71. The van der Waals surface area contributed by atoms with E-state index in [1.165, 1.54) is 14.0 Å². The number of allylic oxidation sites excluding steroid dienone is 1. The first kappa shape index (κ1) is 24.6. The zero-order valence-electron chi connectivity index (χ0n) is 18.9. The van der Waals surface area contributed by atoms with Crippen LogP contribution in [-0.2, 0) is 33.7 Å². The van der Waals surface area contributed by atoms with Crippen molar-refractivity contribution < 1.29 is 37.1 Å². The van der Waals surface area contributed by atoms with Gasteiger partial charge in [0.25, 0.3) is 11.8 Å². The number of carbonyl (C=O) groups is 4. The van der Waals surface area contributed by atoms with E-state index in [1.807, 2.05) is 0 Å². The van der Waals surface area contributed by atoms with Gasteiger partial charge in [0.05, 0.1) is 5.70 Å². The molecule has 1 aromatic rings. The van der Waals surface area contributed by atoms with Crippen molar-refractivity contribution in [2.75, 3.05) is 13.7 Å². The van der Waals surface area contributed by atoms with Crippen LogP contribution in [0.2, 0.25) is 0 Å². The van der Waals surface area contributed by atoms with Crippen molar-refractivity contribution in [3.8, 4) is 0 Å². The number of ketones is 1. The van der Waals surface area contributed by atoms with Crippen LogP contribution in [0.1, 0.15) is 38.1 Å². The number of nitrogens with one attached hydrogen (secondary N) is 1. The maximum absolute atomic E-state index is 13.2. The van der Waals surface area contributed by atoms with E-state index in [-0.39, 0.29) is 11.3 Å². The molecule has 2 amide bonds. The summed E-state index contributed by atoms with van der Waals surface area (Å²) in [6.07, 6.45) is -1.31. The minimum atomic E-state index is -4.29. The monoisotopic (exact) mass is 478 g/mol. The summed E-state index contributed by atoms with van der Waals surface area (Å²) in [6.45, 7) is 5.64. The van der Waals surface area contributed by atoms with Crippen LogP contribution in [0, 0.1) is 5.41 Å². The van der Waals surface area contributed by atoms with Crippen LogP contribution >= 0.6 is 0 Å². The molecule has 1 N–H and O–H groups in total. The number of methoxy groups -OCH3 is 1. The lowest BCUT2D eigenvalue weighted by atomic mass is 9.85. The van der Waals surface area contributed by atoms with Crippen molar-refractivity contribution >= 4 is 33.4 Å². The lowest BCUT2D eigenvalue weighted by Gasteiger charge is -2.50. The average molecular weight is 479 g/mol. The zero-order valence-corrected chi connectivity index (χ0v) is 19.8. The maximum atomic E-state index is 13.2. The molecule has 1 unspecified atom stereocenters. The number of benzene rings is 1. The molecule has 0 saturated carbocycles. The van der Waals surface area contributed by atoms with E-state index in [0.29, 0.717) is 5.56 Å². The molecule has 3 atom stereocenters. The van der Waals surface area contributed by atoms with Gasteiger partial charge in [-0.3, -0.25) is 24.1 Å². The molecule has 1 aromatic carbocycles. The largest absolute Gasteiger partial charge is 0.440 e. The molecule has 0 aromatic heterocycles. The smallest absolute Gasteiger partial charge is 0.327 e. The number of hydrogen-bond donors (Lipinski definition) is 1. The molecule has 0 bridgehead atoms. The van der Waals surface area contributed by atoms with E-state index in [4.69, 9.17) is 9.47 Å². The number of ether oxygens (including phenoxy) is 2. The quantitative estimate of drug-likeness (QED) is 0.468. The predicted octanol–water partition coefficient (Wildman–Crippen LogP) is 0.787. The summed E-state index contributed by atoms with van der Waals surface area (Å²) in [6, 6.07) is 8.14. The second-order valence-corrected chi connectivity index (χ2v) is 10.9. The van der Waals surface area contributed by atoms with Crippen molar-refractivity contribution in [3.05, 3.63) is 47.2 Å². The number of Topliss-reactive ketones (excluding diaryl/α,β-unsaturated/α-hetero) is 1. The SMILES string of the molecule is CO[C@H]1C(=O)N2C(C(=O)C(C)(C)C)=C(C)C(OC(=O)CNC(=O)c3ccccc3)S(=O)(=O)[C@@H]12. The van der Waals surface area contributed by atoms with Crippen molar-refractivity contribution in [2.24, 2.45) is 5.41 Å². The first-order chi connectivity index (χ1) is 15.3. The third-order valence-electron chi connectivity index (χ3n) is 5.42. The Balaban J connectivity index is 1.89. The molecule has 2 aliphatic heterocycles. The van der Waals surface area contributed by atoms with E-state index in [2.05, 4.69) is 5.32 Å². The minimum absolute atomic E-state index is 0.0724. The summed E-state index contributed by atoms with van der Waals surface area (Å²) in [5, 5.41) is 0.880. The van der Waals surface area contributed by atoms with Crippen molar-refractivity contribution in [2.45, 2.75) is 44.6 Å². The first-order valence-electron chi connectivity index (χ1n) is 10.2. The molecule has 2 aliphatic rings. The molecule has 0 radical (unpaired) electrons. The third kappa shape index (κ3) is 4.30. The Kier molecular flexibility index (Phi) is 6.49. The fourth-order valence-corrected chi connectivity index (χ4v) is 5.86. The molecule has 0 aliphatic carbocycles. The van der Waals surface area contributed by atoms with E-state index in [9.17, 15) is 27.6 Å². The molecule has 1 fully saturated rings. The molecule has 2 heterocycles. The lowest BCUT2D eigenvalue weighted by molar-refractivity contribution is -0.162. The Bertz CT molecular complexity index is 1130. The van der Waals surface area contributed by atoms with Gasteiger partial charge in [0, 0.05) is 23.7 Å². The first-order valence-corrected chi connectivity index (χ1v) is 11.8. The Labute approximate surface area is 191 Å². The third-order valence-corrected chi connectivity index (χ3v) is 7.59. The summed E-state index contributed by atoms with van der Waals surface area (Å²) in [5.74, 6) is -2.67. The minimum Gasteiger partial charge on any atom is -0.440 e. The summed E-state index contributed by atoms with van der Waals surface area (Å²) < 4.78 is 36.7. The number of β-lactam (4-membered cyclic amide) rings is 1. The van der Waals surface area contributed by atoms with Crippen LogP contribution in [0.15, 0.2) is 41.6 Å². The molecule has 33 heavy (non-hydrogen) atoms. The van der Waals surface area contributed by atoms with Crippen LogP contribution in [0.3, 0.4) is 0 Å². The van der Waals surface area contributed by atoms with Crippen molar-refractivity contribution in [3.63, 3.8) is 0 Å². The van der Waals surface area contributed by atoms with Crippen LogP contribution in [0.4, 0.5) is 0 Å². The van der Waals surface area contributed by atoms with Crippen LogP contribution in [-0.4, -0.2) is 67.5 Å². The summed E-state index contributed by atoms with van der Waals surface area (Å²) in [4.78, 5) is 51.1. The highest BCUT2D eigenvalue weighted by Crippen LogP contribution is 2.43. The number of sulfone groups is 1. The number of hydrogen-bond acceptors (Lipinski definition) is 8. The number of rotatable bonds is 6. The van der Waals surface area contributed by atoms with Crippen molar-refractivity contribution in [1.29, 1.82) is 0 Å². The summed E-state index contributed by atoms with van der Waals surface area (Å²) in [7, 11) is -3.10.